The van der Waals surface area contributed by atoms with Gasteiger partial charge in [-0.05, 0) is 36.4 Å². The number of halogens is 2. The first-order chi connectivity index (χ1) is 12.4. The SMILES string of the molecule is O=C(N/N=C\c1cc(Cl)ccc1O)C(=O)N/N=C/c1cc(Cl)ccc1O. The van der Waals surface area contributed by atoms with E-state index in [2.05, 4.69) is 10.2 Å². The normalized spacial score (nSPS) is 11.0. The van der Waals surface area contributed by atoms with Crippen molar-refractivity contribution in [2.24, 2.45) is 10.2 Å². The van der Waals surface area contributed by atoms with Crippen LogP contribution < -0.4 is 10.9 Å². The Hall–Kier alpha value is -3.10. The number of carbonyl (C=O) groups excluding carboxylic acids is 2. The van der Waals surface area contributed by atoms with E-state index >= 15 is 0 Å². The van der Waals surface area contributed by atoms with Gasteiger partial charge in [0.25, 0.3) is 0 Å². The summed E-state index contributed by atoms with van der Waals surface area (Å²) < 4.78 is 0. The average molecular weight is 395 g/mol. The molecular weight excluding hydrogens is 383 g/mol. The molecule has 0 fully saturated rings. The first kappa shape index (κ1) is 19.2. The van der Waals surface area contributed by atoms with Gasteiger partial charge in [-0.25, -0.2) is 10.9 Å². The molecule has 0 aromatic heterocycles. The van der Waals surface area contributed by atoms with Gasteiger partial charge in [0.05, 0.1) is 12.4 Å². The van der Waals surface area contributed by atoms with Crippen molar-refractivity contribution in [3.05, 3.63) is 57.6 Å². The van der Waals surface area contributed by atoms with E-state index in [-0.39, 0.29) is 22.6 Å². The number of aromatic hydroxyl groups is 2. The van der Waals surface area contributed by atoms with Crippen LogP contribution in [0.1, 0.15) is 11.1 Å². The summed E-state index contributed by atoms with van der Waals surface area (Å²) in [6.45, 7) is 0. The zero-order valence-electron chi connectivity index (χ0n) is 13.0. The van der Waals surface area contributed by atoms with Crippen LogP contribution >= 0.6 is 23.2 Å². The van der Waals surface area contributed by atoms with E-state index in [1.165, 1.54) is 36.4 Å². The Balaban J connectivity index is 1.90. The quantitative estimate of drug-likeness (QED) is 0.359. The highest BCUT2D eigenvalue weighted by Gasteiger charge is 2.11. The van der Waals surface area contributed by atoms with E-state index in [0.717, 1.165) is 12.4 Å². The Morgan fingerprint density at radius 1 is 0.808 bits per heavy atom. The Bertz CT molecular complexity index is 826. The molecule has 134 valence electrons. The molecule has 8 nitrogen and oxygen atoms in total. The van der Waals surface area contributed by atoms with Gasteiger partial charge in [0.1, 0.15) is 11.5 Å². The van der Waals surface area contributed by atoms with E-state index in [0.29, 0.717) is 10.0 Å². The molecule has 0 aliphatic rings. The lowest BCUT2D eigenvalue weighted by Crippen LogP contribution is -2.35. The van der Waals surface area contributed by atoms with Crippen molar-refractivity contribution in [2.75, 3.05) is 0 Å². The predicted octanol–water partition coefficient (Wildman–Crippen LogP) is 2.00. The number of carbonyl (C=O) groups is 2. The van der Waals surface area contributed by atoms with Gasteiger partial charge in [0.15, 0.2) is 0 Å². The van der Waals surface area contributed by atoms with Gasteiger partial charge in [-0.15, -0.1) is 0 Å². The number of phenolic OH excluding ortho intramolecular Hbond substituents is 2. The standard InChI is InChI=1S/C16H12Cl2N4O4/c17-11-1-3-13(23)9(5-11)7-19-21-15(25)16(26)22-20-8-10-6-12(18)2-4-14(10)24/h1-8,23-24H,(H,21,25)(H,22,26)/b19-7-,20-8+. The van der Waals surface area contributed by atoms with Crippen LogP contribution in [-0.2, 0) is 9.59 Å². The summed E-state index contributed by atoms with van der Waals surface area (Å²) in [6, 6.07) is 8.53. The van der Waals surface area contributed by atoms with Gasteiger partial charge >= 0.3 is 11.8 Å². The van der Waals surface area contributed by atoms with Crippen LogP contribution in [0.3, 0.4) is 0 Å². The van der Waals surface area contributed by atoms with E-state index in [4.69, 9.17) is 23.2 Å². The molecule has 0 unspecified atom stereocenters. The fourth-order valence-corrected chi connectivity index (χ4v) is 2.04. The fourth-order valence-electron chi connectivity index (χ4n) is 1.68. The zero-order valence-corrected chi connectivity index (χ0v) is 14.5. The Kier molecular flexibility index (Phi) is 6.54. The van der Waals surface area contributed by atoms with Crippen LogP contribution in [0.15, 0.2) is 46.6 Å². The molecule has 10 heteroatoms. The number of hydrogen-bond donors (Lipinski definition) is 4. The monoisotopic (exact) mass is 394 g/mol. The number of nitrogens with one attached hydrogen (secondary N) is 2. The van der Waals surface area contributed by atoms with Crippen molar-refractivity contribution in [2.45, 2.75) is 0 Å². The lowest BCUT2D eigenvalue weighted by molar-refractivity contribution is -0.139. The molecule has 0 radical (unpaired) electrons. The summed E-state index contributed by atoms with van der Waals surface area (Å²) >= 11 is 11.5. The van der Waals surface area contributed by atoms with Crippen LogP contribution in [0.5, 0.6) is 11.5 Å². The molecule has 0 aliphatic heterocycles. The third-order valence-electron chi connectivity index (χ3n) is 2.92. The second kappa shape index (κ2) is 8.84. The van der Waals surface area contributed by atoms with Gasteiger partial charge in [0, 0.05) is 21.2 Å². The number of phenols is 2. The van der Waals surface area contributed by atoms with Gasteiger partial charge in [-0.3, -0.25) is 9.59 Å². The van der Waals surface area contributed by atoms with Crippen molar-refractivity contribution >= 4 is 47.4 Å². The molecule has 0 aliphatic carbocycles. The van der Waals surface area contributed by atoms with Gasteiger partial charge < -0.3 is 10.2 Å². The van der Waals surface area contributed by atoms with E-state index < -0.39 is 11.8 Å². The molecule has 2 rings (SSSR count). The highest BCUT2D eigenvalue weighted by molar-refractivity contribution is 6.35. The van der Waals surface area contributed by atoms with Crippen molar-refractivity contribution in [3.8, 4) is 11.5 Å². The first-order valence-corrected chi connectivity index (χ1v) is 7.76. The predicted molar refractivity (Wildman–Crippen MR) is 97.7 cm³/mol. The molecule has 0 saturated carbocycles. The highest BCUT2D eigenvalue weighted by Crippen LogP contribution is 2.20. The summed E-state index contributed by atoms with van der Waals surface area (Å²) in [5.41, 5.74) is 4.45. The maximum atomic E-state index is 11.6. The van der Waals surface area contributed by atoms with Crippen molar-refractivity contribution in [1.82, 2.24) is 10.9 Å². The van der Waals surface area contributed by atoms with E-state index in [1.807, 2.05) is 10.9 Å². The third-order valence-corrected chi connectivity index (χ3v) is 3.40. The Labute approximate surface area is 157 Å². The molecule has 4 N–H and O–H groups in total. The summed E-state index contributed by atoms with van der Waals surface area (Å²) in [7, 11) is 0. The zero-order chi connectivity index (χ0) is 19.1. The smallest absolute Gasteiger partial charge is 0.331 e. The lowest BCUT2D eigenvalue weighted by atomic mass is 10.2. The lowest BCUT2D eigenvalue weighted by Gasteiger charge is -2.01. The van der Waals surface area contributed by atoms with Crippen molar-refractivity contribution < 1.29 is 19.8 Å². The van der Waals surface area contributed by atoms with Crippen LogP contribution in [-0.4, -0.2) is 34.5 Å². The molecule has 0 heterocycles. The number of amides is 2. The molecule has 0 bridgehead atoms. The minimum atomic E-state index is -1.09. The van der Waals surface area contributed by atoms with Gasteiger partial charge in [0.2, 0.25) is 0 Å². The molecule has 0 atom stereocenters. The van der Waals surface area contributed by atoms with Crippen LogP contribution in [0.2, 0.25) is 10.0 Å². The maximum Gasteiger partial charge on any atom is 0.331 e. The molecular formula is C16H12Cl2N4O4. The van der Waals surface area contributed by atoms with Crippen molar-refractivity contribution in [3.63, 3.8) is 0 Å². The summed E-state index contributed by atoms with van der Waals surface area (Å²) in [5, 5.41) is 27.0. The molecule has 2 amide bonds. The number of nitrogens with zero attached hydrogens (tertiary/aromatic N) is 2. The van der Waals surface area contributed by atoms with Crippen LogP contribution in [0.4, 0.5) is 0 Å². The number of benzene rings is 2. The number of rotatable bonds is 4. The van der Waals surface area contributed by atoms with Gasteiger partial charge in [-0.1, -0.05) is 23.2 Å². The van der Waals surface area contributed by atoms with Crippen LogP contribution in [0, 0.1) is 0 Å². The minimum Gasteiger partial charge on any atom is -0.507 e. The van der Waals surface area contributed by atoms with Gasteiger partial charge in [-0.2, -0.15) is 10.2 Å². The first-order valence-electron chi connectivity index (χ1n) is 7.00. The Morgan fingerprint density at radius 2 is 1.19 bits per heavy atom. The van der Waals surface area contributed by atoms with Crippen molar-refractivity contribution in [1.29, 1.82) is 0 Å². The molecule has 2 aromatic carbocycles. The Morgan fingerprint density at radius 3 is 1.58 bits per heavy atom. The van der Waals surface area contributed by atoms with E-state index in [9.17, 15) is 19.8 Å². The topological polar surface area (TPSA) is 123 Å². The largest absolute Gasteiger partial charge is 0.507 e. The summed E-state index contributed by atoms with van der Waals surface area (Å²) in [4.78, 5) is 23.2. The highest BCUT2D eigenvalue weighted by atomic mass is 35.5. The number of hydrazone groups is 2. The van der Waals surface area contributed by atoms with Crippen LogP contribution in [0.25, 0.3) is 0 Å². The molecule has 2 aromatic rings. The fraction of sp³-hybridized carbons (Fsp3) is 0. The molecule has 26 heavy (non-hydrogen) atoms. The minimum absolute atomic E-state index is 0.0946. The third kappa shape index (κ3) is 5.47. The molecule has 0 spiro atoms. The average Bonchev–Trinajstić information content (AvgIpc) is 2.60. The summed E-state index contributed by atoms with van der Waals surface area (Å²) in [5.74, 6) is -2.36. The summed E-state index contributed by atoms with van der Waals surface area (Å²) in [6.07, 6.45) is 2.25. The second-order valence-electron chi connectivity index (χ2n) is 4.80. The maximum absolute atomic E-state index is 11.6. The number of hydrogen-bond acceptors (Lipinski definition) is 6. The second-order valence-corrected chi connectivity index (χ2v) is 5.68. The van der Waals surface area contributed by atoms with E-state index in [1.54, 1.807) is 0 Å². The molecule has 0 saturated heterocycles.